The van der Waals surface area contributed by atoms with Crippen LogP contribution in [0.1, 0.15) is 24.5 Å². The van der Waals surface area contributed by atoms with Gasteiger partial charge in [-0.2, -0.15) is 0 Å². The van der Waals surface area contributed by atoms with Crippen molar-refractivity contribution in [1.29, 1.82) is 0 Å². The number of carbonyl (C=O) groups is 2. The van der Waals surface area contributed by atoms with Gasteiger partial charge in [0.2, 0.25) is 11.8 Å². The van der Waals surface area contributed by atoms with E-state index in [1.54, 1.807) is 54.6 Å². The van der Waals surface area contributed by atoms with Gasteiger partial charge in [0.05, 0.1) is 10.6 Å². The van der Waals surface area contributed by atoms with Gasteiger partial charge < -0.3 is 10.2 Å². The molecule has 0 aromatic heterocycles. The lowest BCUT2D eigenvalue weighted by Crippen LogP contribution is -2.53. The maximum Gasteiger partial charge on any atom is 0.264 e. The number of anilines is 1. The first-order chi connectivity index (χ1) is 20.7. The molecular weight excluding hydrogens is 633 g/mol. The Hall–Kier alpha value is -4.02. The number of hydrogen-bond donors (Lipinski definition) is 1. The maximum absolute atomic E-state index is 14.3. The molecule has 0 spiro atoms. The Morgan fingerprint density at radius 1 is 0.860 bits per heavy atom. The maximum atomic E-state index is 14.3. The number of nitrogens with zero attached hydrogens (tertiary/aromatic N) is 2. The minimum Gasteiger partial charge on any atom is -0.354 e. The second-order valence-corrected chi connectivity index (χ2v) is 12.7. The minimum absolute atomic E-state index is 0.0226. The number of sulfonamides is 1. The van der Waals surface area contributed by atoms with Gasteiger partial charge in [0.25, 0.3) is 10.0 Å². The molecule has 0 fully saturated rings. The Morgan fingerprint density at radius 3 is 2.14 bits per heavy atom. The van der Waals surface area contributed by atoms with E-state index in [-0.39, 0.29) is 29.5 Å². The fraction of sp³-hybridized carbons (Fsp3) is 0.212. The number of nitrogens with one attached hydrogen (secondary N) is 1. The molecule has 1 N–H and O–H groups in total. The summed E-state index contributed by atoms with van der Waals surface area (Å²) in [6, 6.07) is 28.6. The monoisotopic (exact) mass is 665 g/mol. The molecule has 0 unspecified atom stereocenters. The van der Waals surface area contributed by atoms with Crippen LogP contribution >= 0.6 is 15.9 Å². The summed E-state index contributed by atoms with van der Waals surface area (Å²) >= 11 is 3.40. The molecule has 224 valence electrons. The number of halogens is 2. The molecule has 0 aliphatic carbocycles. The fourth-order valence-corrected chi connectivity index (χ4v) is 6.40. The zero-order valence-corrected chi connectivity index (χ0v) is 26.1. The lowest BCUT2D eigenvalue weighted by atomic mass is 10.0. The van der Waals surface area contributed by atoms with Gasteiger partial charge in [-0.05, 0) is 60.0 Å². The van der Waals surface area contributed by atoms with Crippen LogP contribution < -0.4 is 9.62 Å². The van der Waals surface area contributed by atoms with Crippen LogP contribution in [-0.4, -0.2) is 44.3 Å². The number of hydrogen-bond acceptors (Lipinski definition) is 4. The first kappa shape index (κ1) is 31.9. The summed E-state index contributed by atoms with van der Waals surface area (Å²) in [5.41, 5.74) is 1.70. The van der Waals surface area contributed by atoms with Crippen LogP contribution in [-0.2, 0) is 32.6 Å². The Morgan fingerprint density at radius 2 is 1.51 bits per heavy atom. The van der Waals surface area contributed by atoms with E-state index in [1.165, 1.54) is 29.2 Å². The Balaban J connectivity index is 1.78. The SMILES string of the molecule is CCCNC(=O)[C@@H](Cc1ccccc1)N(Cc1ccc(F)cc1)C(=O)CN(c1cccc(Br)c1)S(=O)(=O)c1ccccc1. The van der Waals surface area contributed by atoms with Crippen LogP contribution in [0.3, 0.4) is 0 Å². The molecule has 0 saturated carbocycles. The molecule has 4 rings (SSSR count). The third kappa shape index (κ3) is 8.52. The van der Waals surface area contributed by atoms with E-state index in [1.807, 2.05) is 37.3 Å². The zero-order chi connectivity index (χ0) is 30.8. The van der Waals surface area contributed by atoms with Crippen molar-refractivity contribution in [2.75, 3.05) is 17.4 Å². The van der Waals surface area contributed by atoms with Gasteiger partial charge in [0.1, 0.15) is 18.4 Å². The summed E-state index contributed by atoms with van der Waals surface area (Å²) in [5, 5.41) is 2.90. The molecule has 0 aliphatic rings. The zero-order valence-electron chi connectivity index (χ0n) is 23.7. The van der Waals surface area contributed by atoms with E-state index < -0.39 is 34.3 Å². The highest BCUT2D eigenvalue weighted by molar-refractivity contribution is 9.10. The lowest BCUT2D eigenvalue weighted by Gasteiger charge is -2.34. The molecule has 0 saturated heterocycles. The topological polar surface area (TPSA) is 86.8 Å². The Labute approximate surface area is 260 Å². The van der Waals surface area contributed by atoms with Crippen molar-refractivity contribution in [3.05, 3.63) is 131 Å². The van der Waals surface area contributed by atoms with E-state index >= 15 is 0 Å². The van der Waals surface area contributed by atoms with Crippen molar-refractivity contribution >= 4 is 43.5 Å². The van der Waals surface area contributed by atoms with E-state index in [0.717, 1.165) is 9.87 Å². The van der Waals surface area contributed by atoms with Crippen molar-refractivity contribution in [3.63, 3.8) is 0 Å². The smallest absolute Gasteiger partial charge is 0.264 e. The summed E-state index contributed by atoms with van der Waals surface area (Å²) in [7, 11) is -4.18. The summed E-state index contributed by atoms with van der Waals surface area (Å²) in [4.78, 5) is 29.3. The first-order valence-electron chi connectivity index (χ1n) is 13.9. The largest absolute Gasteiger partial charge is 0.354 e. The quantitative estimate of drug-likeness (QED) is 0.191. The highest BCUT2D eigenvalue weighted by atomic mass is 79.9. The van der Waals surface area contributed by atoms with E-state index in [2.05, 4.69) is 21.2 Å². The molecule has 4 aromatic rings. The minimum atomic E-state index is -4.18. The van der Waals surface area contributed by atoms with E-state index in [9.17, 15) is 22.4 Å². The molecule has 0 aliphatic heterocycles. The number of rotatable bonds is 13. The molecule has 7 nitrogen and oxygen atoms in total. The normalized spacial score (nSPS) is 11.9. The van der Waals surface area contributed by atoms with Crippen molar-refractivity contribution in [2.24, 2.45) is 0 Å². The average molecular weight is 667 g/mol. The van der Waals surface area contributed by atoms with Crippen LogP contribution in [0.4, 0.5) is 10.1 Å². The number of amides is 2. The highest BCUT2D eigenvalue weighted by Gasteiger charge is 2.34. The standard InChI is InChI=1S/C33H33BrFN3O4S/c1-2-20-36-33(40)31(21-25-10-5-3-6-11-25)37(23-26-16-18-28(35)19-17-26)32(39)24-38(29-13-9-12-27(34)22-29)43(41,42)30-14-7-4-8-15-30/h3-19,22,31H,2,20-21,23-24H2,1H3,(H,36,40)/t31-/m1/s1. The predicted molar refractivity (Wildman–Crippen MR) is 169 cm³/mol. The Kier molecular flexibility index (Phi) is 11.1. The highest BCUT2D eigenvalue weighted by Crippen LogP contribution is 2.27. The lowest BCUT2D eigenvalue weighted by molar-refractivity contribution is -0.140. The van der Waals surface area contributed by atoms with E-state index in [0.29, 0.717) is 23.0 Å². The van der Waals surface area contributed by atoms with Crippen LogP contribution in [0.15, 0.2) is 119 Å². The van der Waals surface area contributed by atoms with Crippen molar-refractivity contribution < 1.29 is 22.4 Å². The number of carbonyl (C=O) groups excluding carboxylic acids is 2. The summed E-state index contributed by atoms with van der Waals surface area (Å²) in [6.45, 7) is 1.74. The Bertz CT molecular complexity index is 1620. The van der Waals surface area contributed by atoms with Gasteiger partial charge in [-0.25, -0.2) is 12.8 Å². The third-order valence-corrected chi connectivity index (χ3v) is 9.07. The van der Waals surface area contributed by atoms with Gasteiger partial charge in [0.15, 0.2) is 0 Å². The second kappa shape index (κ2) is 14.9. The van der Waals surface area contributed by atoms with E-state index in [4.69, 9.17) is 0 Å². The molecule has 4 aromatic carbocycles. The average Bonchev–Trinajstić information content (AvgIpc) is 3.02. The molecule has 2 amide bonds. The van der Waals surface area contributed by atoms with Crippen molar-refractivity contribution in [2.45, 2.75) is 37.2 Å². The van der Waals surface area contributed by atoms with Gasteiger partial charge >= 0.3 is 0 Å². The third-order valence-electron chi connectivity index (χ3n) is 6.79. The van der Waals surface area contributed by atoms with Crippen LogP contribution in [0, 0.1) is 5.82 Å². The van der Waals surface area contributed by atoms with Crippen LogP contribution in [0.2, 0.25) is 0 Å². The number of benzene rings is 4. The van der Waals surface area contributed by atoms with Crippen molar-refractivity contribution in [1.82, 2.24) is 10.2 Å². The fourth-order valence-electron chi connectivity index (χ4n) is 4.59. The predicted octanol–water partition coefficient (Wildman–Crippen LogP) is 5.95. The molecule has 0 bridgehead atoms. The molecule has 43 heavy (non-hydrogen) atoms. The molecule has 1 atom stereocenters. The second-order valence-electron chi connectivity index (χ2n) is 9.95. The summed E-state index contributed by atoms with van der Waals surface area (Å²) in [6.07, 6.45) is 0.896. The van der Waals surface area contributed by atoms with Gasteiger partial charge in [0, 0.05) is 24.0 Å². The summed E-state index contributed by atoms with van der Waals surface area (Å²) in [5.74, 6) is -1.38. The van der Waals surface area contributed by atoms with Gasteiger partial charge in [-0.1, -0.05) is 89.6 Å². The molecular formula is C33H33BrFN3O4S. The van der Waals surface area contributed by atoms with Gasteiger partial charge in [-0.15, -0.1) is 0 Å². The molecule has 0 heterocycles. The van der Waals surface area contributed by atoms with Crippen molar-refractivity contribution in [3.8, 4) is 0 Å². The van der Waals surface area contributed by atoms with Crippen LogP contribution in [0.25, 0.3) is 0 Å². The first-order valence-corrected chi connectivity index (χ1v) is 16.1. The molecule has 10 heteroatoms. The molecule has 0 radical (unpaired) electrons. The van der Waals surface area contributed by atoms with Gasteiger partial charge in [-0.3, -0.25) is 13.9 Å². The summed E-state index contributed by atoms with van der Waals surface area (Å²) < 4.78 is 43.4. The van der Waals surface area contributed by atoms with Crippen LogP contribution in [0.5, 0.6) is 0 Å².